The maximum Gasteiger partial charge on any atom is 0.167 e. The van der Waals surface area contributed by atoms with E-state index in [1.807, 2.05) is 0 Å². The lowest BCUT2D eigenvalue weighted by Gasteiger charge is -2.26. The predicted octanol–water partition coefficient (Wildman–Crippen LogP) is 4.28. The lowest BCUT2D eigenvalue weighted by molar-refractivity contribution is 0.0321. The van der Waals surface area contributed by atoms with Gasteiger partial charge in [0.15, 0.2) is 23.1 Å². The third-order valence-electron chi connectivity index (χ3n) is 5.00. The van der Waals surface area contributed by atoms with Crippen molar-refractivity contribution in [1.82, 2.24) is 9.88 Å². The van der Waals surface area contributed by atoms with Crippen LogP contribution >= 0.6 is 0 Å². The minimum absolute atomic E-state index is 0.00928. The van der Waals surface area contributed by atoms with E-state index in [1.165, 1.54) is 12.1 Å². The molecule has 1 fully saturated rings. The Morgan fingerprint density at radius 1 is 1.10 bits per heavy atom. The summed E-state index contributed by atoms with van der Waals surface area (Å²) in [6.07, 6.45) is 1.57. The van der Waals surface area contributed by atoms with Crippen LogP contribution in [0.1, 0.15) is 0 Å². The summed E-state index contributed by atoms with van der Waals surface area (Å²) >= 11 is 0. The van der Waals surface area contributed by atoms with Crippen molar-refractivity contribution in [1.29, 1.82) is 0 Å². The van der Waals surface area contributed by atoms with E-state index in [2.05, 4.69) is 15.1 Å². The van der Waals surface area contributed by atoms with Crippen molar-refractivity contribution in [3.63, 3.8) is 0 Å². The molecule has 0 spiro atoms. The van der Waals surface area contributed by atoms with Crippen molar-refractivity contribution in [3.8, 4) is 23.0 Å². The maximum atomic E-state index is 14.2. The second-order valence-corrected chi connectivity index (χ2v) is 6.94. The summed E-state index contributed by atoms with van der Waals surface area (Å²) in [7, 11) is 1.55. The highest BCUT2D eigenvalue weighted by Crippen LogP contribution is 2.37. The van der Waals surface area contributed by atoms with E-state index in [0.717, 1.165) is 38.9 Å². The zero-order valence-electron chi connectivity index (χ0n) is 17.0. The van der Waals surface area contributed by atoms with Gasteiger partial charge in [0.05, 0.1) is 25.8 Å². The Labute approximate surface area is 178 Å². The van der Waals surface area contributed by atoms with Crippen LogP contribution in [0.15, 0.2) is 47.8 Å². The van der Waals surface area contributed by atoms with Crippen LogP contribution in [0.3, 0.4) is 0 Å². The molecule has 0 bridgehead atoms. The molecule has 31 heavy (non-hydrogen) atoms. The van der Waals surface area contributed by atoms with Crippen LogP contribution in [0.25, 0.3) is 10.9 Å². The lowest BCUT2D eigenvalue weighted by atomic mass is 10.1. The summed E-state index contributed by atoms with van der Waals surface area (Å²) in [4.78, 5) is 17.2. The molecule has 9 heteroatoms. The van der Waals surface area contributed by atoms with Gasteiger partial charge in [-0.1, -0.05) is 0 Å². The minimum Gasteiger partial charge on any atom is -0.493 e. The number of hydrogen-bond acceptors (Lipinski definition) is 8. The summed E-state index contributed by atoms with van der Waals surface area (Å²) < 4.78 is 36.8. The molecule has 8 nitrogen and oxygen atoms in total. The number of morpholine rings is 1. The van der Waals surface area contributed by atoms with Gasteiger partial charge in [0.2, 0.25) is 0 Å². The van der Waals surface area contributed by atoms with Gasteiger partial charge in [-0.05, 0) is 29.4 Å². The number of nitroso groups, excluding NO2 is 1. The van der Waals surface area contributed by atoms with Crippen molar-refractivity contribution >= 4 is 16.6 Å². The van der Waals surface area contributed by atoms with Gasteiger partial charge in [-0.2, -0.15) is 0 Å². The normalized spacial score (nSPS) is 14.4. The topological polar surface area (TPSA) is 82.5 Å². The number of aromatic nitrogens is 1. The molecule has 0 amide bonds. The molecule has 0 atom stereocenters. The third kappa shape index (κ3) is 4.89. The molecule has 0 radical (unpaired) electrons. The Bertz CT molecular complexity index is 1070. The third-order valence-corrected chi connectivity index (χ3v) is 5.00. The molecule has 3 aromatic rings. The first-order chi connectivity index (χ1) is 15.2. The molecule has 4 rings (SSSR count). The van der Waals surface area contributed by atoms with Gasteiger partial charge in [0.1, 0.15) is 18.0 Å². The number of hydrogen-bond donors (Lipinski definition) is 0. The molecule has 1 aliphatic rings. The predicted molar refractivity (Wildman–Crippen MR) is 113 cm³/mol. The Hall–Kier alpha value is -3.30. The number of methoxy groups -OCH3 is 1. The summed E-state index contributed by atoms with van der Waals surface area (Å²) in [5, 5.41) is 3.36. The number of pyridine rings is 1. The molecule has 162 valence electrons. The van der Waals surface area contributed by atoms with E-state index < -0.39 is 5.82 Å². The Kier molecular flexibility index (Phi) is 6.54. The Morgan fingerprint density at radius 2 is 1.94 bits per heavy atom. The summed E-state index contributed by atoms with van der Waals surface area (Å²) in [6, 6.07) is 8.92. The van der Waals surface area contributed by atoms with Gasteiger partial charge in [-0.3, -0.25) is 9.88 Å². The molecule has 2 aromatic carbocycles. The number of benzene rings is 2. The van der Waals surface area contributed by atoms with Crippen LogP contribution in [0.2, 0.25) is 0 Å². The Morgan fingerprint density at radius 3 is 2.68 bits per heavy atom. The molecule has 1 saturated heterocycles. The van der Waals surface area contributed by atoms with Crippen LogP contribution in [0.5, 0.6) is 23.0 Å². The van der Waals surface area contributed by atoms with E-state index in [-0.39, 0.29) is 11.4 Å². The average molecular weight is 427 g/mol. The fraction of sp³-hybridized carbons (Fsp3) is 0.318. The first kappa shape index (κ1) is 21.0. The van der Waals surface area contributed by atoms with E-state index in [9.17, 15) is 9.30 Å². The van der Waals surface area contributed by atoms with Crippen molar-refractivity contribution in [3.05, 3.63) is 53.3 Å². The largest absolute Gasteiger partial charge is 0.493 e. The van der Waals surface area contributed by atoms with Gasteiger partial charge >= 0.3 is 0 Å². The SMILES string of the molecule is COc1cc2c(Oc3ccc(N=O)cc3F)ccnc2cc1OCCN1CCOCC1. The standard InChI is InChI=1S/C22H22FN3O5/c1-28-21-13-16-18(14-22(21)30-11-8-26-6-9-29-10-7-26)24-5-4-19(16)31-20-3-2-15(25-27)12-17(20)23/h2-5,12-14H,6-11H2,1H3. The van der Waals surface area contributed by atoms with Crippen LogP contribution in [-0.2, 0) is 4.74 Å². The zero-order chi connectivity index (χ0) is 21.6. The van der Waals surface area contributed by atoms with Crippen LogP contribution in [0.4, 0.5) is 10.1 Å². The first-order valence-electron chi connectivity index (χ1n) is 9.88. The summed E-state index contributed by atoms with van der Waals surface area (Å²) in [5.41, 5.74) is 0.608. The van der Waals surface area contributed by atoms with E-state index >= 15 is 0 Å². The number of halogens is 1. The number of nitrogens with zero attached hydrogens (tertiary/aromatic N) is 3. The van der Waals surface area contributed by atoms with E-state index in [4.69, 9.17) is 18.9 Å². The second kappa shape index (κ2) is 9.67. The molecule has 2 heterocycles. The lowest BCUT2D eigenvalue weighted by Crippen LogP contribution is -2.38. The molecule has 0 N–H and O–H groups in total. The quantitative estimate of drug-likeness (QED) is 0.496. The van der Waals surface area contributed by atoms with E-state index in [0.29, 0.717) is 34.8 Å². The average Bonchev–Trinajstić information content (AvgIpc) is 2.80. The molecule has 1 aliphatic heterocycles. The highest BCUT2D eigenvalue weighted by molar-refractivity contribution is 5.88. The summed E-state index contributed by atoms with van der Waals surface area (Å²) in [5.74, 6) is 0.782. The molecule has 0 aliphatic carbocycles. The molecule has 0 unspecified atom stereocenters. The van der Waals surface area contributed by atoms with Crippen LogP contribution in [0, 0.1) is 10.7 Å². The molecule has 0 saturated carbocycles. The number of ether oxygens (including phenoxy) is 4. The second-order valence-electron chi connectivity index (χ2n) is 6.94. The molecular formula is C22H22FN3O5. The zero-order valence-corrected chi connectivity index (χ0v) is 17.0. The van der Waals surface area contributed by atoms with E-state index in [1.54, 1.807) is 31.5 Å². The monoisotopic (exact) mass is 427 g/mol. The van der Waals surface area contributed by atoms with Gasteiger partial charge in [0, 0.05) is 43.4 Å². The summed E-state index contributed by atoms with van der Waals surface area (Å²) in [6.45, 7) is 4.54. The number of rotatable bonds is 8. The molecule has 1 aromatic heterocycles. The van der Waals surface area contributed by atoms with Crippen LogP contribution < -0.4 is 14.2 Å². The van der Waals surface area contributed by atoms with Crippen molar-refractivity contribution in [2.45, 2.75) is 0 Å². The van der Waals surface area contributed by atoms with Crippen molar-refractivity contribution in [2.75, 3.05) is 46.6 Å². The smallest absolute Gasteiger partial charge is 0.167 e. The highest BCUT2D eigenvalue weighted by Gasteiger charge is 2.15. The van der Waals surface area contributed by atoms with Gasteiger partial charge in [-0.15, -0.1) is 4.91 Å². The van der Waals surface area contributed by atoms with Gasteiger partial charge in [0.25, 0.3) is 0 Å². The Balaban J connectivity index is 1.55. The fourth-order valence-corrected chi connectivity index (χ4v) is 3.35. The van der Waals surface area contributed by atoms with Crippen molar-refractivity contribution in [2.24, 2.45) is 5.18 Å². The minimum atomic E-state index is -0.683. The van der Waals surface area contributed by atoms with Crippen LogP contribution in [-0.4, -0.2) is 56.4 Å². The maximum absolute atomic E-state index is 14.2. The molecular weight excluding hydrogens is 405 g/mol. The highest BCUT2D eigenvalue weighted by atomic mass is 19.1. The number of fused-ring (bicyclic) bond motifs is 1. The first-order valence-corrected chi connectivity index (χ1v) is 9.88. The van der Waals surface area contributed by atoms with Gasteiger partial charge in [-0.25, -0.2) is 4.39 Å². The fourth-order valence-electron chi connectivity index (χ4n) is 3.35. The van der Waals surface area contributed by atoms with Crippen molar-refractivity contribution < 1.29 is 23.3 Å². The van der Waals surface area contributed by atoms with Gasteiger partial charge < -0.3 is 18.9 Å².